The minimum Gasteiger partial charge on any atom is -0.382 e. The van der Waals surface area contributed by atoms with Crippen molar-refractivity contribution in [3.8, 4) is 0 Å². The lowest BCUT2D eigenvalue weighted by molar-refractivity contribution is -0.160. The van der Waals surface area contributed by atoms with E-state index in [1.165, 1.54) is 7.11 Å². The van der Waals surface area contributed by atoms with Crippen LogP contribution in [-0.4, -0.2) is 70.9 Å². The summed E-state index contributed by atoms with van der Waals surface area (Å²) in [5, 5.41) is 9.65. The van der Waals surface area contributed by atoms with Gasteiger partial charge in [0.15, 0.2) is 6.29 Å². The summed E-state index contributed by atoms with van der Waals surface area (Å²) in [5.74, 6) is 0. The smallest absolute Gasteiger partial charge is 0.184 e. The fourth-order valence-electron chi connectivity index (χ4n) is 1.94. The summed E-state index contributed by atoms with van der Waals surface area (Å²) in [4.78, 5) is 0. The summed E-state index contributed by atoms with van der Waals surface area (Å²) in [5.41, 5.74) is 0. The van der Waals surface area contributed by atoms with Gasteiger partial charge < -0.3 is 28.8 Å². The van der Waals surface area contributed by atoms with E-state index in [0.717, 1.165) is 0 Å². The summed E-state index contributed by atoms with van der Waals surface area (Å²) in [6, 6.07) is 0. The summed E-state index contributed by atoms with van der Waals surface area (Å²) >= 11 is 0. The lowest BCUT2D eigenvalue weighted by Gasteiger charge is -2.26. The van der Waals surface area contributed by atoms with Crippen LogP contribution in [0.5, 0.6) is 0 Å². The van der Waals surface area contributed by atoms with Gasteiger partial charge in [-0.05, 0) is 0 Å². The highest BCUT2D eigenvalue weighted by atomic mass is 16.7. The zero-order chi connectivity index (χ0) is 12.1. The highest BCUT2D eigenvalue weighted by molar-refractivity contribution is 4.92. The number of aliphatic hydroxyl groups excluding tert-OH is 1. The summed E-state index contributed by atoms with van der Waals surface area (Å²) in [7, 11) is 6.19. The molecule has 0 saturated carbocycles. The Labute approximate surface area is 95.4 Å². The van der Waals surface area contributed by atoms with E-state index in [2.05, 4.69) is 0 Å². The van der Waals surface area contributed by atoms with Crippen molar-refractivity contribution in [2.24, 2.45) is 0 Å². The molecule has 0 aromatic heterocycles. The van der Waals surface area contributed by atoms with E-state index >= 15 is 0 Å². The van der Waals surface area contributed by atoms with Crippen molar-refractivity contribution < 1.29 is 28.8 Å². The molecule has 0 spiro atoms. The lowest BCUT2D eigenvalue weighted by Crippen LogP contribution is -2.43. The third kappa shape index (κ3) is 2.71. The molecule has 1 rings (SSSR count). The quantitative estimate of drug-likeness (QED) is 0.664. The number of rotatable bonds is 6. The average Bonchev–Trinajstić information content (AvgIpc) is 2.61. The summed E-state index contributed by atoms with van der Waals surface area (Å²) in [6.45, 7) is 0.365. The topological polar surface area (TPSA) is 66.4 Å². The Bertz CT molecular complexity index is 200. The molecule has 1 N–H and O–H groups in total. The monoisotopic (exact) mass is 236 g/mol. The van der Waals surface area contributed by atoms with E-state index in [1.54, 1.807) is 21.3 Å². The van der Waals surface area contributed by atoms with Crippen molar-refractivity contribution >= 4 is 0 Å². The number of hydrogen-bond acceptors (Lipinski definition) is 6. The molecule has 1 saturated heterocycles. The molecule has 1 fully saturated rings. The fraction of sp³-hybridized carbons (Fsp3) is 1.00. The van der Waals surface area contributed by atoms with Gasteiger partial charge in [-0.1, -0.05) is 0 Å². The van der Waals surface area contributed by atoms with E-state index < -0.39 is 18.5 Å². The van der Waals surface area contributed by atoms with Crippen LogP contribution in [0.4, 0.5) is 0 Å². The van der Waals surface area contributed by atoms with Crippen molar-refractivity contribution in [1.29, 1.82) is 0 Å². The van der Waals surface area contributed by atoms with Crippen LogP contribution in [0.15, 0.2) is 0 Å². The first kappa shape index (κ1) is 13.8. The second kappa shape index (κ2) is 6.48. The molecule has 0 aromatic rings. The molecule has 5 atom stereocenters. The first-order chi connectivity index (χ1) is 7.69. The van der Waals surface area contributed by atoms with Gasteiger partial charge in [0.1, 0.15) is 24.4 Å². The van der Waals surface area contributed by atoms with Gasteiger partial charge in [-0.25, -0.2) is 0 Å². The highest BCUT2D eigenvalue weighted by Crippen LogP contribution is 2.27. The number of ether oxygens (including phenoxy) is 5. The maximum Gasteiger partial charge on any atom is 0.184 e. The van der Waals surface area contributed by atoms with Gasteiger partial charge >= 0.3 is 0 Å². The number of hydrogen-bond donors (Lipinski definition) is 1. The van der Waals surface area contributed by atoms with Crippen molar-refractivity contribution in [1.82, 2.24) is 0 Å². The number of methoxy groups -OCH3 is 4. The van der Waals surface area contributed by atoms with E-state index in [-0.39, 0.29) is 12.2 Å². The average molecular weight is 236 g/mol. The van der Waals surface area contributed by atoms with Crippen molar-refractivity contribution in [3.63, 3.8) is 0 Å². The lowest BCUT2D eigenvalue weighted by atomic mass is 10.1. The molecule has 0 amide bonds. The molecule has 6 nitrogen and oxygen atoms in total. The normalized spacial score (nSPS) is 36.6. The van der Waals surface area contributed by atoms with Gasteiger partial charge in [0, 0.05) is 28.4 Å². The molecule has 96 valence electrons. The van der Waals surface area contributed by atoms with E-state index in [1.807, 2.05) is 0 Å². The van der Waals surface area contributed by atoms with Crippen molar-refractivity contribution in [2.75, 3.05) is 35.0 Å². The number of aliphatic hydroxyl groups is 1. The molecular weight excluding hydrogens is 216 g/mol. The van der Waals surface area contributed by atoms with E-state index in [0.29, 0.717) is 6.61 Å². The predicted molar refractivity (Wildman–Crippen MR) is 55.1 cm³/mol. The zero-order valence-electron chi connectivity index (χ0n) is 10.1. The molecule has 6 heteroatoms. The Morgan fingerprint density at radius 2 is 1.75 bits per heavy atom. The predicted octanol–water partition coefficient (Wildman–Crippen LogP) is -0.605. The van der Waals surface area contributed by atoms with Gasteiger partial charge in [0.25, 0.3) is 0 Å². The summed E-state index contributed by atoms with van der Waals surface area (Å²) < 4.78 is 26.1. The molecule has 1 heterocycles. The molecular formula is C10H20O6. The maximum atomic E-state index is 9.65. The first-order valence-electron chi connectivity index (χ1n) is 5.10. The van der Waals surface area contributed by atoms with Crippen molar-refractivity contribution in [3.05, 3.63) is 0 Å². The van der Waals surface area contributed by atoms with Gasteiger partial charge in [-0.2, -0.15) is 0 Å². The Balaban J connectivity index is 2.71. The second-order valence-electron chi connectivity index (χ2n) is 3.62. The standard InChI is InChI=1S/C10H20O6/c1-12-5-6(13-2)7-8(14-3)9(15-4)10(11)16-7/h6-11H,5H2,1-4H3/t6-,7+,8-,9-,10+/m0/s1. The largest absolute Gasteiger partial charge is 0.382 e. The van der Waals surface area contributed by atoms with Crippen LogP contribution in [0.2, 0.25) is 0 Å². The Morgan fingerprint density at radius 3 is 2.19 bits per heavy atom. The molecule has 0 aromatic carbocycles. The van der Waals surface area contributed by atoms with Crippen LogP contribution in [0.3, 0.4) is 0 Å². The van der Waals surface area contributed by atoms with Gasteiger partial charge in [-0.3, -0.25) is 0 Å². The van der Waals surface area contributed by atoms with Crippen LogP contribution in [0.25, 0.3) is 0 Å². The molecule has 0 unspecified atom stereocenters. The van der Waals surface area contributed by atoms with Crippen LogP contribution in [-0.2, 0) is 23.7 Å². The molecule has 0 aliphatic carbocycles. The SMILES string of the molecule is COC[C@H](OC)[C@H]1O[C@@H](O)[C@@H](OC)[C@H]1OC. The van der Waals surface area contributed by atoms with Crippen LogP contribution in [0, 0.1) is 0 Å². The minimum atomic E-state index is -1.01. The Hall–Kier alpha value is -0.240. The Kier molecular flexibility index (Phi) is 5.60. The Morgan fingerprint density at radius 1 is 1.12 bits per heavy atom. The third-order valence-corrected chi connectivity index (χ3v) is 2.77. The molecule has 1 aliphatic rings. The van der Waals surface area contributed by atoms with Gasteiger partial charge in [0.05, 0.1) is 6.61 Å². The van der Waals surface area contributed by atoms with Crippen LogP contribution in [0.1, 0.15) is 0 Å². The first-order valence-corrected chi connectivity index (χ1v) is 5.10. The molecule has 0 radical (unpaired) electrons. The van der Waals surface area contributed by atoms with E-state index in [9.17, 15) is 5.11 Å². The van der Waals surface area contributed by atoms with E-state index in [4.69, 9.17) is 23.7 Å². The molecule has 1 aliphatic heterocycles. The van der Waals surface area contributed by atoms with Crippen molar-refractivity contribution in [2.45, 2.75) is 30.7 Å². The highest BCUT2D eigenvalue weighted by Gasteiger charge is 2.48. The van der Waals surface area contributed by atoms with Crippen LogP contribution >= 0.6 is 0 Å². The fourth-order valence-corrected chi connectivity index (χ4v) is 1.94. The zero-order valence-corrected chi connectivity index (χ0v) is 10.1. The second-order valence-corrected chi connectivity index (χ2v) is 3.62. The maximum absolute atomic E-state index is 9.65. The van der Waals surface area contributed by atoms with Gasteiger partial charge in [0.2, 0.25) is 0 Å². The molecule has 0 bridgehead atoms. The molecule has 16 heavy (non-hydrogen) atoms. The minimum absolute atomic E-state index is 0.301. The van der Waals surface area contributed by atoms with Gasteiger partial charge in [-0.15, -0.1) is 0 Å². The van der Waals surface area contributed by atoms with Crippen LogP contribution < -0.4 is 0 Å². The third-order valence-electron chi connectivity index (χ3n) is 2.77. The summed E-state index contributed by atoms with van der Waals surface area (Å²) in [6.07, 6.45) is -2.60.